The van der Waals surface area contributed by atoms with Gasteiger partial charge in [-0.15, -0.1) is 61.0 Å². The van der Waals surface area contributed by atoms with Crippen molar-refractivity contribution in [2.75, 3.05) is 0 Å². The second kappa shape index (κ2) is 9.12. The number of nitrogens with zero attached hydrogens (tertiary/aromatic N) is 2. The van der Waals surface area contributed by atoms with Gasteiger partial charge in [0.15, 0.2) is 6.29 Å². The molecule has 0 aromatic carbocycles. The van der Waals surface area contributed by atoms with Gasteiger partial charge in [-0.25, -0.2) is 9.97 Å². The Morgan fingerprint density at radius 2 is 1.87 bits per heavy atom. The molecular formula is C7H8Cl4N2OS. The summed E-state index contributed by atoms with van der Waals surface area (Å²) in [7, 11) is 0. The highest BCUT2D eigenvalue weighted by Crippen LogP contribution is 2.20. The molecule has 0 atom stereocenters. The fourth-order valence-corrected chi connectivity index (χ4v) is 1.71. The average Bonchev–Trinajstić information content (AvgIpc) is 2.47. The lowest BCUT2D eigenvalue weighted by atomic mass is 10.3. The van der Waals surface area contributed by atoms with Crippen LogP contribution < -0.4 is 0 Å². The zero-order valence-electron chi connectivity index (χ0n) is 7.15. The van der Waals surface area contributed by atoms with Crippen LogP contribution in [0.25, 0.3) is 10.2 Å². The van der Waals surface area contributed by atoms with Gasteiger partial charge in [-0.05, 0) is 0 Å². The molecule has 0 fully saturated rings. The van der Waals surface area contributed by atoms with E-state index < -0.39 is 0 Å². The fraction of sp³-hybridized carbons (Fsp3) is 0. The SMILES string of the molecule is Cl.Cl.Cl.Cl.O=Cc1csc2cncnc12. The summed E-state index contributed by atoms with van der Waals surface area (Å²) in [5.74, 6) is 0. The molecule has 0 aliphatic heterocycles. The smallest absolute Gasteiger partial charge is 0.153 e. The van der Waals surface area contributed by atoms with Gasteiger partial charge in [-0.1, -0.05) is 0 Å². The summed E-state index contributed by atoms with van der Waals surface area (Å²) in [6, 6.07) is 0. The molecule has 0 saturated carbocycles. The first-order valence-electron chi connectivity index (χ1n) is 3.04. The van der Waals surface area contributed by atoms with Gasteiger partial charge in [0.1, 0.15) is 6.33 Å². The molecule has 0 spiro atoms. The van der Waals surface area contributed by atoms with E-state index in [1.807, 2.05) is 0 Å². The van der Waals surface area contributed by atoms with Crippen molar-refractivity contribution in [1.82, 2.24) is 9.97 Å². The second-order valence-electron chi connectivity index (χ2n) is 2.04. The molecule has 15 heavy (non-hydrogen) atoms. The van der Waals surface area contributed by atoms with Gasteiger partial charge in [0, 0.05) is 11.6 Å². The molecule has 2 heterocycles. The van der Waals surface area contributed by atoms with Crippen molar-refractivity contribution in [2.24, 2.45) is 0 Å². The number of thiophene rings is 1. The molecule has 0 N–H and O–H groups in total. The third-order valence-corrected chi connectivity index (χ3v) is 2.32. The fourth-order valence-electron chi connectivity index (χ4n) is 0.886. The highest BCUT2D eigenvalue weighted by molar-refractivity contribution is 7.17. The van der Waals surface area contributed by atoms with Crippen LogP contribution in [0.15, 0.2) is 17.9 Å². The number of hydrogen-bond acceptors (Lipinski definition) is 4. The van der Waals surface area contributed by atoms with Crippen molar-refractivity contribution in [3.8, 4) is 0 Å². The third-order valence-electron chi connectivity index (χ3n) is 1.39. The minimum atomic E-state index is 0. The van der Waals surface area contributed by atoms with E-state index in [-0.39, 0.29) is 49.6 Å². The van der Waals surface area contributed by atoms with Gasteiger partial charge in [-0.2, -0.15) is 0 Å². The summed E-state index contributed by atoms with van der Waals surface area (Å²) in [6.45, 7) is 0. The standard InChI is InChI=1S/C7H4N2OS.4ClH/c10-2-5-3-11-6-1-8-4-9-7(5)6;;;;/h1-4H;4*1H. The van der Waals surface area contributed by atoms with E-state index in [2.05, 4.69) is 9.97 Å². The van der Waals surface area contributed by atoms with Crippen LogP contribution in [-0.2, 0) is 0 Å². The van der Waals surface area contributed by atoms with Crippen LogP contribution in [0, 0.1) is 0 Å². The monoisotopic (exact) mass is 308 g/mol. The van der Waals surface area contributed by atoms with Crippen LogP contribution in [0.1, 0.15) is 10.4 Å². The highest BCUT2D eigenvalue weighted by atomic mass is 35.5. The number of aromatic nitrogens is 2. The van der Waals surface area contributed by atoms with Gasteiger partial charge in [-0.3, -0.25) is 4.79 Å². The Balaban J connectivity index is -0.000000360. The number of rotatable bonds is 1. The van der Waals surface area contributed by atoms with Crippen LogP contribution in [0.2, 0.25) is 0 Å². The summed E-state index contributed by atoms with van der Waals surface area (Å²) >= 11 is 1.48. The molecule has 0 amide bonds. The first-order chi connectivity index (χ1) is 5.42. The topological polar surface area (TPSA) is 42.9 Å². The number of aldehydes is 1. The Morgan fingerprint density at radius 3 is 2.47 bits per heavy atom. The van der Waals surface area contributed by atoms with Gasteiger partial charge >= 0.3 is 0 Å². The molecule has 2 aromatic rings. The number of hydrogen-bond donors (Lipinski definition) is 0. The van der Waals surface area contributed by atoms with Crippen LogP contribution in [0.3, 0.4) is 0 Å². The van der Waals surface area contributed by atoms with Gasteiger partial charge in [0.25, 0.3) is 0 Å². The van der Waals surface area contributed by atoms with Crippen LogP contribution in [0.4, 0.5) is 0 Å². The number of halogens is 4. The molecule has 0 bridgehead atoms. The molecule has 3 nitrogen and oxygen atoms in total. The zero-order chi connectivity index (χ0) is 7.68. The lowest BCUT2D eigenvalue weighted by molar-refractivity contribution is 0.112. The highest BCUT2D eigenvalue weighted by Gasteiger charge is 2.02. The number of carbonyl (C=O) groups excluding carboxylic acids is 1. The maximum absolute atomic E-state index is 10.4. The van der Waals surface area contributed by atoms with E-state index in [4.69, 9.17) is 0 Å². The van der Waals surface area contributed by atoms with Crippen molar-refractivity contribution in [3.05, 3.63) is 23.5 Å². The normalized spacial score (nSPS) is 7.47. The summed E-state index contributed by atoms with van der Waals surface area (Å²) in [5, 5.41) is 1.78. The first-order valence-corrected chi connectivity index (χ1v) is 3.92. The van der Waals surface area contributed by atoms with E-state index in [0.717, 1.165) is 16.5 Å². The minimum absolute atomic E-state index is 0. The van der Waals surface area contributed by atoms with E-state index in [0.29, 0.717) is 5.56 Å². The maximum Gasteiger partial charge on any atom is 0.153 e. The number of fused-ring (bicyclic) bond motifs is 1. The molecule has 0 aliphatic rings. The molecule has 86 valence electrons. The van der Waals surface area contributed by atoms with E-state index >= 15 is 0 Å². The summed E-state index contributed by atoms with van der Waals surface area (Å²) in [6.07, 6.45) is 3.97. The van der Waals surface area contributed by atoms with Crippen molar-refractivity contribution >= 4 is 77.5 Å². The van der Waals surface area contributed by atoms with Crippen LogP contribution >= 0.6 is 61.0 Å². The molecule has 0 radical (unpaired) electrons. The second-order valence-corrected chi connectivity index (χ2v) is 2.96. The maximum atomic E-state index is 10.4. The Morgan fingerprint density at radius 1 is 1.20 bits per heavy atom. The Hall–Kier alpha value is -0.130. The quantitative estimate of drug-likeness (QED) is 0.760. The van der Waals surface area contributed by atoms with Crippen molar-refractivity contribution < 1.29 is 4.79 Å². The summed E-state index contributed by atoms with van der Waals surface area (Å²) < 4.78 is 0.953. The largest absolute Gasteiger partial charge is 0.298 e. The van der Waals surface area contributed by atoms with E-state index in [1.165, 1.54) is 17.7 Å². The Labute approximate surface area is 115 Å². The molecule has 0 saturated heterocycles. The van der Waals surface area contributed by atoms with Crippen LogP contribution in [-0.4, -0.2) is 16.3 Å². The minimum Gasteiger partial charge on any atom is -0.298 e. The molecule has 0 aliphatic carbocycles. The predicted octanol–water partition coefficient (Wildman–Crippen LogP) is 3.19. The number of carbonyl (C=O) groups is 1. The summed E-state index contributed by atoms with van der Waals surface area (Å²) in [4.78, 5) is 18.3. The van der Waals surface area contributed by atoms with Crippen molar-refractivity contribution in [2.45, 2.75) is 0 Å². The predicted molar refractivity (Wildman–Crippen MR) is 71.8 cm³/mol. The molecule has 2 aromatic heterocycles. The molecule has 2 rings (SSSR count). The first kappa shape index (κ1) is 20.3. The zero-order valence-corrected chi connectivity index (χ0v) is 11.2. The molecule has 8 heteroatoms. The van der Waals surface area contributed by atoms with Crippen LogP contribution in [0.5, 0.6) is 0 Å². The van der Waals surface area contributed by atoms with Gasteiger partial charge in [0.05, 0.1) is 15.8 Å². The summed E-state index contributed by atoms with van der Waals surface area (Å²) in [5.41, 5.74) is 1.40. The van der Waals surface area contributed by atoms with Gasteiger partial charge < -0.3 is 0 Å². The van der Waals surface area contributed by atoms with E-state index in [9.17, 15) is 4.79 Å². The Bertz CT molecular complexity index is 409. The third kappa shape index (κ3) is 4.09. The lowest BCUT2D eigenvalue weighted by Crippen LogP contribution is -1.79. The van der Waals surface area contributed by atoms with Crippen molar-refractivity contribution in [1.29, 1.82) is 0 Å². The average molecular weight is 310 g/mol. The molecule has 0 unspecified atom stereocenters. The Kier molecular flexibility index (Phi) is 12.3. The van der Waals surface area contributed by atoms with Gasteiger partial charge in [0.2, 0.25) is 0 Å². The van der Waals surface area contributed by atoms with Crippen molar-refractivity contribution in [3.63, 3.8) is 0 Å². The lowest BCUT2D eigenvalue weighted by Gasteiger charge is -1.84. The molecular weight excluding hydrogens is 302 g/mol. The van der Waals surface area contributed by atoms with E-state index in [1.54, 1.807) is 11.6 Å².